The van der Waals surface area contributed by atoms with Gasteiger partial charge in [0, 0.05) is 6.07 Å². The Morgan fingerprint density at radius 1 is 1.15 bits per heavy atom. The molecule has 0 fully saturated rings. The Hall–Kier alpha value is -3.55. The van der Waals surface area contributed by atoms with Gasteiger partial charge < -0.3 is 10.3 Å². The molecule has 4 rings (SSSR count). The van der Waals surface area contributed by atoms with E-state index in [1.807, 2.05) is 24.3 Å². The second-order valence-electron chi connectivity index (χ2n) is 5.75. The lowest BCUT2D eigenvalue weighted by Gasteiger charge is -2.03. The second kappa shape index (κ2) is 6.40. The molecule has 4 aromatic rings. The second-order valence-corrected chi connectivity index (χ2v) is 5.75. The van der Waals surface area contributed by atoms with Crippen LogP contribution in [-0.2, 0) is 11.2 Å². The molecule has 0 aliphatic heterocycles. The molecule has 0 saturated carbocycles. The first kappa shape index (κ1) is 15.9. The monoisotopic (exact) mass is 353 g/mol. The van der Waals surface area contributed by atoms with Gasteiger partial charge in [-0.05, 0) is 29.8 Å². The highest BCUT2D eigenvalue weighted by Gasteiger charge is 2.10. The Bertz CT molecular complexity index is 1050. The number of hydrogen-bond acceptors (Lipinski definition) is 3. The smallest absolute Gasteiger partial charge is 0.229 e. The van der Waals surface area contributed by atoms with E-state index in [4.69, 9.17) is 0 Å². The minimum Gasteiger partial charge on any atom is -0.323 e. The van der Waals surface area contributed by atoms with E-state index in [1.165, 1.54) is 10.9 Å². The zero-order chi connectivity index (χ0) is 18.1. The van der Waals surface area contributed by atoms with E-state index in [9.17, 15) is 13.6 Å². The molecule has 0 bridgehead atoms. The van der Waals surface area contributed by atoms with E-state index >= 15 is 0 Å². The van der Waals surface area contributed by atoms with E-state index in [0.717, 1.165) is 29.2 Å². The zero-order valence-electron chi connectivity index (χ0n) is 13.4. The molecule has 0 radical (unpaired) electrons. The van der Waals surface area contributed by atoms with Crippen LogP contribution in [0.1, 0.15) is 5.56 Å². The van der Waals surface area contributed by atoms with E-state index in [1.54, 1.807) is 6.20 Å². The van der Waals surface area contributed by atoms with Gasteiger partial charge in [0.2, 0.25) is 11.9 Å². The van der Waals surface area contributed by atoms with Crippen molar-refractivity contribution in [2.75, 3.05) is 5.32 Å². The molecule has 8 heteroatoms. The normalized spacial score (nSPS) is 11.0. The average molecular weight is 353 g/mol. The van der Waals surface area contributed by atoms with Crippen LogP contribution in [-0.4, -0.2) is 25.7 Å². The lowest BCUT2D eigenvalue weighted by Crippen LogP contribution is -2.14. The van der Waals surface area contributed by atoms with Crippen LogP contribution in [0, 0.1) is 11.6 Å². The molecule has 130 valence electrons. The number of aromatic amines is 1. The minimum absolute atomic E-state index is 0.148. The molecule has 0 aliphatic rings. The van der Waals surface area contributed by atoms with Crippen LogP contribution in [0.15, 0.2) is 54.9 Å². The molecule has 6 nitrogen and oxygen atoms in total. The van der Waals surface area contributed by atoms with Gasteiger partial charge in [0.15, 0.2) is 0 Å². The highest BCUT2D eigenvalue weighted by molar-refractivity contribution is 5.92. The number of fused-ring (bicyclic) bond motifs is 1. The summed E-state index contributed by atoms with van der Waals surface area (Å²) in [6.07, 6.45) is 2.92. The number of amides is 1. The molecule has 1 amide bonds. The molecule has 2 aromatic heterocycles. The average Bonchev–Trinajstić information content (AvgIpc) is 3.19. The van der Waals surface area contributed by atoms with E-state index in [-0.39, 0.29) is 12.0 Å². The summed E-state index contributed by atoms with van der Waals surface area (Å²) in [7, 11) is 0. The quantitative estimate of drug-likeness (QED) is 0.592. The number of nitrogens with one attached hydrogen (secondary N) is 2. The highest BCUT2D eigenvalue weighted by Crippen LogP contribution is 2.15. The number of anilines is 1. The Labute approximate surface area is 146 Å². The van der Waals surface area contributed by atoms with Crippen LogP contribution >= 0.6 is 0 Å². The third-order valence-corrected chi connectivity index (χ3v) is 3.75. The number of imidazole rings is 1. The van der Waals surface area contributed by atoms with Gasteiger partial charge in [-0.15, -0.1) is 0 Å². The summed E-state index contributed by atoms with van der Waals surface area (Å²) in [6, 6.07) is 10.6. The topological polar surface area (TPSA) is 75.6 Å². The number of hydrogen-bond donors (Lipinski definition) is 2. The van der Waals surface area contributed by atoms with E-state index in [0.29, 0.717) is 11.6 Å². The molecule has 0 atom stereocenters. The molecule has 2 N–H and O–H groups in total. The maximum absolute atomic E-state index is 13.2. The zero-order valence-corrected chi connectivity index (χ0v) is 13.4. The maximum Gasteiger partial charge on any atom is 0.229 e. The third kappa shape index (κ3) is 3.30. The highest BCUT2D eigenvalue weighted by atomic mass is 19.1. The van der Waals surface area contributed by atoms with Crippen molar-refractivity contribution in [1.82, 2.24) is 19.7 Å². The molecular weight excluding hydrogens is 340 g/mol. The summed E-state index contributed by atoms with van der Waals surface area (Å²) in [4.78, 5) is 19.6. The molecular formula is C18H13F2N5O. The van der Waals surface area contributed by atoms with Crippen LogP contribution in [0.3, 0.4) is 0 Å². The fourth-order valence-electron chi connectivity index (χ4n) is 2.65. The summed E-state index contributed by atoms with van der Waals surface area (Å²) in [5.41, 5.74) is 2.38. The molecule has 0 aliphatic carbocycles. The lowest BCUT2D eigenvalue weighted by atomic mass is 10.1. The summed E-state index contributed by atoms with van der Waals surface area (Å²) in [5.74, 6) is -1.32. The van der Waals surface area contributed by atoms with Crippen molar-refractivity contribution >= 4 is 22.6 Å². The van der Waals surface area contributed by atoms with Crippen molar-refractivity contribution in [3.05, 3.63) is 72.1 Å². The van der Waals surface area contributed by atoms with Crippen LogP contribution in [0.4, 0.5) is 14.5 Å². The van der Waals surface area contributed by atoms with Gasteiger partial charge in [0.25, 0.3) is 0 Å². The van der Waals surface area contributed by atoms with Crippen LogP contribution in [0.25, 0.3) is 17.0 Å². The van der Waals surface area contributed by atoms with Gasteiger partial charge in [-0.1, -0.05) is 12.1 Å². The Morgan fingerprint density at radius 3 is 2.69 bits per heavy atom. The van der Waals surface area contributed by atoms with Gasteiger partial charge in [-0.25, -0.2) is 18.4 Å². The van der Waals surface area contributed by atoms with Crippen molar-refractivity contribution in [2.24, 2.45) is 0 Å². The first-order valence-electron chi connectivity index (χ1n) is 7.81. The van der Waals surface area contributed by atoms with Gasteiger partial charge in [-0.2, -0.15) is 5.10 Å². The molecule has 0 spiro atoms. The molecule has 26 heavy (non-hydrogen) atoms. The third-order valence-electron chi connectivity index (χ3n) is 3.75. The number of rotatable bonds is 4. The Morgan fingerprint density at radius 2 is 1.92 bits per heavy atom. The first-order chi connectivity index (χ1) is 12.6. The summed E-state index contributed by atoms with van der Waals surface area (Å²) >= 11 is 0. The first-order valence-corrected chi connectivity index (χ1v) is 7.81. The Balaban J connectivity index is 1.48. The van der Waals surface area contributed by atoms with Crippen LogP contribution in [0.2, 0.25) is 0 Å². The Kier molecular flexibility index (Phi) is 3.92. The summed E-state index contributed by atoms with van der Waals surface area (Å²) in [5, 5.41) is 6.80. The van der Waals surface area contributed by atoms with Gasteiger partial charge in [0.05, 0.1) is 35.5 Å². The number of benzene rings is 2. The fourth-order valence-corrected chi connectivity index (χ4v) is 2.65. The van der Waals surface area contributed by atoms with Crippen LogP contribution in [0.5, 0.6) is 0 Å². The number of para-hydroxylation sites is 2. The largest absolute Gasteiger partial charge is 0.323 e. The van der Waals surface area contributed by atoms with Crippen molar-refractivity contribution < 1.29 is 13.6 Å². The van der Waals surface area contributed by atoms with E-state index < -0.39 is 17.5 Å². The van der Waals surface area contributed by atoms with Gasteiger partial charge in [0.1, 0.15) is 11.6 Å². The number of aromatic nitrogens is 4. The molecule has 0 saturated heterocycles. The minimum atomic E-state index is -0.717. The standard InChI is InChI=1S/C18H13F2N5O/c19-12-5-11(6-13(20)8-12)7-17(26)22-14-9-21-25(10-14)18-23-15-3-1-2-4-16(15)24-18/h1-6,8-10H,7H2,(H,22,26)(H,23,24). The fraction of sp³-hybridized carbons (Fsp3) is 0.0556. The number of nitrogens with zero attached hydrogens (tertiary/aromatic N) is 3. The lowest BCUT2D eigenvalue weighted by molar-refractivity contribution is -0.115. The molecule has 2 heterocycles. The van der Waals surface area contributed by atoms with Crippen molar-refractivity contribution in [3.8, 4) is 5.95 Å². The van der Waals surface area contributed by atoms with Crippen molar-refractivity contribution in [1.29, 1.82) is 0 Å². The number of halogens is 2. The molecule has 2 aromatic carbocycles. The number of carbonyl (C=O) groups excluding carboxylic acids is 1. The summed E-state index contributed by atoms with van der Waals surface area (Å²) < 4.78 is 27.9. The maximum atomic E-state index is 13.2. The predicted octanol–water partition coefficient (Wildman–Crippen LogP) is 3.21. The summed E-state index contributed by atoms with van der Waals surface area (Å²) in [6.45, 7) is 0. The van der Waals surface area contributed by atoms with Gasteiger partial charge >= 0.3 is 0 Å². The van der Waals surface area contributed by atoms with Crippen LogP contribution < -0.4 is 5.32 Å². The van der Waals surface area contributed by atoms with E-state index in [2.05, 4.69) is 20.4 Å². The van der Waals surface area contributed by atoms with Gasteiger partial charge in [-0.3, -0.25) is 4.79 Å². The van der Waals surface area contributed by atoms with Crippen molar-refractivity contribution in [2.45, 2.75) is 6.42 Å². The predicted molar refractivity (Wildman–Crippen MR) is 91.9 cm³/mol. The number of H-pyrrole nitrogens is 1. The molecule has 0 unspecified atom stereocenters. The van der Waals surface area contributed by atoms with Crippen molar-refractivity contribution in [3.63, 3.8) is 0 Å². The number of carbonyl (C=O) groups is 1. The SMILES string of the molecule is O=C(Cc1cc(F)cc(F)c1)Nc1cnn(-c2nc3ccccc3[nH]2)c1.